The summed E-state index contributed by atoms with van der Waals surface area (Å²) in [4.78, 5) is 8.53. The largest absolute Gasteiger partial charge is 0.396 e. The van der Waals surface area contributed by atoms with E-state index in [0.717, 1.165) is 12.8 Å². The minimum absolute atomic E-state index is 0.345. The second-order valence-electron chi connectivity index (χ2n) is 1.68. The molecule has 0 rings (SSSR count). The second kappa shape index (κ2) is 8.39. The van der Waals surface area contributed by atoms with Crippen LogP contribution in [0.3, 0.4) is 0 Å². The molecule has 0 unspecified atom stereocenters. The Morgan fingerprint density at radius 2 is 2.40 bits per heavy atom. The van der Waals surface area contributed by atoms with Crippen molar-refractivity contribution < 1.29 is 9.68 Å². The molecule has 0 aromatic rings. The second-order valence-corrected chi connectivity index (χ2v) is 1.68. The van der Waals surface area contributed by atoms with Crippen LogP contribution in [0.2, 0.25) is 0 Å². The van der Waals surface area contributed by atoms with Crippen LogP contribution < -0.4 is 5.90 Å². The van der Waals surface area contributed by atoms with Gasteiger partial charge in [-0.1, -0.05) is 5.16 Å². The summed E-state index contributed by atoms with van der Waals surface area (Å²) in [6.07, 6.45) is 3.18. The molecule has 0 heterocycles. The van der Waals surface area contributed by atoms with Gasteiger partial charge >= 0.3 is 0 Å². The summed E-state index contributed by atoms with van der Waals surface area (Å²) < 4.78 is 0. The summed E-state index contributed by atoms with van der Waals surface area (Å²) >= 11 is 0. The van der Waals surface area contributed by atoms with E-state index in [-0.39, 0.29) is 0 Å². The first-order valence-corrected chi connectivity index (χ1v) is 3.32. The first-order chi connectivity index (χ1) is 4.91. The molecule has 4 nitrogen and oxygen atoms in total. The predicted molar refractivity (Wildman–Crippen MR) is 37.4 cm³/mol. The maximum atomic E-state index is 7.89. The van der Waals surface area contributed by atoms with Crippen molar-refractivity contribution >= 4 is 6.21 Å². The Kier molecular flexibility index (Phi) is 7.88. The molecule has 0 saturated carbocycles. The summed E-state index contributed by atoms with van der Waals surface area (Å²) in [5.74, 6) is 7.89. The molecule has 0 saturated heterocycles. The summed E-state index contributed by atoms with van der Waals surface area (Å²) in [5.41, 5.74) is 0. The lowest BCUT2D eigenvalue weighted by Gasteiger charge is -1.91. The van der Waals surface area contributed by atoms with Crippen molar-refractivity contribution in [1.82, 2.24) is 5.90 Å². The Balaban J connectivity index is 2.88. The minimum atomic E-state index is 0.345. The predicted octanol–water partition coefficient (Wildman–Crippen LogP) is 0.789. The third-order valence-corrected chi connectivity index (χ3v) is 0.847. The Labute approximate surface area is 60.9 Å². The van der Waals surface area contributed by atoms with E-state index in [1.54, 1.807) is 6.21 Å². The zero-order valence-electron chi connectivity index (χ0n) is 6.12. The van der Waals surface area contributed by atoms with Gasteiger partial charge in [-0.05, 0) is 19.8 Å². The van der Waals surface area contributed by atoms with Gasteiger partial charge in [0.1, 0.15) is 6.61 Å². The van der Waals surface area contributed by atoms with Gasteiger partial charge in [-0.2, -0.15) is 0 Å². The van der Waals surface area contributed by atoms with Crippen LogP contribution in [-0.2, 0) is 9.68 Å². The molecule has 0 aliphatic rings. The third-order valence-electron chi connectivity index (χ3n) is 0.847. The molecule has 2 radical (unpaired) electrons. The van der Waals surface area contributed by atoms with Gasteiger partial charge < -0.3 is 4.84 Å². The van der Waals surface area contributed by atoms with Crippen molar-refractivity contribution in [3.05, 3.63) is 0 Å². The highest BCUT2D eigenvalue weighted by Crippen LogP contribution is 1.84. The fourth-order valence-electron chi connectivity index (χ4n) is 0.419. The fourth-order valence-corrected chi connectivity index (χ4v) is 0.419. The van der Waals surface area contributed by atoms with E-state index in [9.17, 15) is 0 Å². The maximum absolute atomic E-state index is 7.89. The van der Waals surface area contributed by atoms with Crippen molar-refractivity contribution in [2.24, 2.45) is 5.16 Å². The molecule has 4 heteroatoms. The van der Waals surface area contributed by atoms with Gasteiger partial charge in [0.15, 0.2) is 0 Å². The average Bonchev–Trinajstić information content (AvgIpc) is 1.97. The van der Waals surface area contributed by atoms with Gasteiger partial charge in [0.2, 0.25) is 0 Å². The van der Waals surface area contributed by atoms with Gasteiger partial charge in [-0.25, -0.2) is 0 Å². The number of oxime groups is 1. The molecule has 0 atom stereocenters. The van der Waals surface area contributed by atoms with Crippen LogP contribution in [0.5, 0.6) is 0 Å². The van der Waals surface area contributed by atoms with Crippen LogP contribution in [0.1, 0.15) is 19.8 Å². The minimum Gasteiger partial charge on any atom is -0.396 e. The quantitative estimate of drug-likeness (QED) is 0.314. The van der Waals surface area contributed by atoms with E-state index in [1.165, 1.54) is 0 Å². The SMILES string of the molecule is CCON=CCCCO[N]. The van der Waals surface area contributed by atoms with Crippen molar-refractivity contribution in [1.29, 1.82) is 0 Å². The lowest BCUT2D eigenvalue weighted by molar-refractivity contribution is 0.117. The molecule has 0 fully saturated rings. The number of nitrogens with zero attached hydrogens (tertiary/aromatic N) is 2. The Morgan fingerprint density at radius 3 is 3.00 bits per heavy atom. The van der Waals surface area contributed by atoms with E-state index in [2.05, 4.69) is 14.8 Å². The van der Waals surface area contributed by atoms with E-state index in [1.807, 2.05) is 6.92 Å². The van der Waals surface area contributed by atoms with E-state index >= 15 is 0 Å². The smallest absolute Gasteiger partial charge is 0.114 e. The highest BCUT2D eigenvalue weighted by atomic mass is 16.6. The maximum Gasteiger partial charge on any atom is 0.114 e. The lowest BCUT2D eigenvalue weighted by Crippen LogP contribution is -1.91. The van der Waals surface area contributed by atoms with Crippen LogP contribution in [0, 0.1) is 0 Å². The van der Waals surface area contributed by atoms with Crippen molar-refractivity contribution in [2.75, 3.05) is 13.2 Å². The van der Waals surface area contributed by atoms with Crippen LogP contribution in [0.15, 0.2) is 5.16 Å². The van der Waals surface area contributed by atoms with Crippen molar-refractivity contribution in [3.8, 4) is 0 Å². The monoisotopic (exact) mass is 144 g/mol. The van der Waals surface area contributed by atoms with Crippen LogP contribution in [0.4, 0.5) is 0 Å². The van der Waals surface area contributed by atoms with Gasteiger partial charge in [0.25, 0.3) is 0 Å². The zero-order valence-corrected chi connectivity index (χ0v) is 6.12. The molecule has 0 bridgehead atoms. The highest BCUT2D eigenvalue weighted by Gasteiger charge is 1.82. The molecule has 0 amide bonds. The number of unbranched alkanes of at least 4 members (excludes halogenated alkanes) is 1. The Hall–Kier alpha value is -0.610. The normalized spacial score (nSPS) is 10.6. The topological polar surface area (TPSA) is 53.1 Å². The third kappa shape index (κ3) is 7.39. The van der Waals surface area contributed by atoms with Crippen molar-refractivity contribution in [3.63, 3.8) is 0 Å². The van der Waals surface area contributed by atoms with E-state index in [0.29, 0.717) is 13.2 Å². The summed E-state index contributed by atoms with van der Waals surface area (Å²) in [6, 6.07) is 0. The summed E-state index contributed by atoms with van der Waals surface area (Å²) in [6.45, 7) is 2.80. The molecule has 58 valence electrons. The fraction of sp³-hybridized carbons (Fsp3) is 0.833. The molecule has 0 N–H and O–H groups in total. The first-order valence-electron chi connectivity index (χ1n) is 3.32. The molecular weight excluding hydrogens is 132 g/mol. The molecule has 0 spiro atoms. The zero-order chi connectivity index (χ0) is 7.66. The Morgan fingerprint density at radius 1 is 1.60 bits per heavy atom. The van der Waals surface area contributed by atoms with E-state index < -0.39 is 0 Å². The van der Waals surface area contributed by atoms with Crippen LogP contribution >= 0.6 is 0 Å². The number of rotatable bonds is 6. The summed E-state index contributed by atoms with van der Waals surface area (Å²) in [7, 11) is 0. The number of hydrogen-bond acceptors (Lipinski definition) is 3. The van der Waals surface area contributed by atoms with Crippen molar-refractivity contribution in [2.45, 2.75) is 19.8 Å². The van der Waals surface area contributed by atoms with Gasteiger partial charge in [-0.15, -0.1) is 0 Å². The Bertz CT molecular complexity index is 85.8. The van der Waals surface area contributed by atoms with E-state index in [4.69, 9.17) is 5.90 Å². The highest BCUT2D eigenvalue weighted by molar-refractivity contribution is 5.56. The van der Waals surface area contributed by atoms with Gasteiger partial charge in [0, 0.05) is 12.1 Å². The van der Waals surface area contributed by atoms with Gasteiger partial charge in [0.05, 0.1) is 6.61 Å². The molecule has 0 aliphatic heterocycles. The lowest BCUT2D eigenvalue weighted by atomic mass is 10.3. The summed E-state index contributed by atoms with van der Waals surface area (Å²) in [5, 5.41) is 3.60. The molecule has 0 aliphatic carbocycles. The standard InChI is InChI=1S/C6H12N2O2/c1-2-10-8-5-3-4-6-9-7/h5H,2-4,6H2,1H3. The van der Waals surface area contributed by atoms with Gasteiger partial charge in [-0.3, -0.25) is 4.84 Å². The molecule has 0 aromatic carbocycles. The van der Waals surface area contributed by atoms with Crippen LogP contribution in [-0.4, -0.2) is 19.4 Å². The first kappa shape index (κ1) is 9.39. The molecular formula is C6H12N2O2. The number of hydrogen-bond donors (Lipinski definition) is 0. The molecule has 10 heavy (non-hydrogen) atoms. The van der Waals surface area contributed by atoms with Crippen LogP contribution in [0.25, 0.3) is 0 Å². The molecule has 0 aromatic heterocycles. The average molecular weight is 144 g/mol.